The number of phenols is 1. The fourth-order valence-corrected chi connectivity index (χ4v) is 1.92. The van der Waals surface area contributed by atoms with Crippen molar-refractivity contribution in [3.05, 3.63) is 41.0 Å². The summed E-state index contributed by atoms with van der Waals surface area (Å²) < 4.78 is 0. The number of hydrogen-bond acceptors (Lipinski definition) is 2. The van der Waals surface area contributed by atoms with Crippen LogP contribution in [0.3, 0.4) is 0 Å². The Bertz CT molecular complexity index is 390. The van der Waals surface area contributed by atoms with E-state index < -0.39 is 0 Å². The van der Waals surface area contributed by atoms with Gasteiger partial charge in [0.05, 0.1) is 6.61 Å². The molecule has 0 aromatic heterocycles. The molecule has 94 valence electrons. The molecule has 1 aromatic rings. The Labute approximate surface area is 104 Å². The van der Waals surface area contributed by atoms with E-state index in [1.807, 2.05) is 19.1 Å². The van der Waals surface area contributed by atoms with E-state index in [0.717, 1.165) is 24.0 Å². The van der Waals surface area contributed by atoms with Gasteiger partial charge in [-0.05, 0) is 50.8 Å². The second-order valence-electron chi connectivity index (χ2n) is 4.80. The summed E-state index contributed by atoms with van der Waals surface area (Å²) in [5, 5.41) is 19.3. The molecule has 0 aliphatic rings. The highest BCUT2D eigenvalue weighted by Gasteiger charge is 2.13. The zero-order chi connectivity index (χ0) is 12.8. The van der Waals surface area contributed by atoms with Crippen LogP contribution in [0, 0.1) is 6.92 Å². The minimum atomic E-state index is 0.0196. The third kappa shape index (κ3) is 4.23. The van der Waals surface area contributed by atoms with Gasteiger partial charge in [-0.3, -0.25) is 0 Å². The molecule has 2 N–H and O–H groups in total. The smallest absolute Gasteiger partial charge is 0.119 e. The van der Waals surface area contributed by atoms with Gasteiger partial charge in [0, 0.05) is 5.92 Å². The molecule has 1 atom stereocenters. The molecule has 0 unspecified atom stereocenters. The second kappa shape index (κ2) is 6.45. The molecule has 1 aromatic carbocycles. The van der Waals surface area contributed by atoms with Crippen LogP contribution < -0.4 is 0 Å². The number of hydrogen-bond donors (Lipinski definition) is 2. The zero-order valence-electron chi connectivity index (χ0n) is 10.9. The quantitative estimate of drug-likeness (QED) is 0.765. The number of aromatic hydroxyl groups is 1. The van der Waals surface area contributed by atoms with Crippen molar-refractivity contribution in [3.63, 3.8) is 0 Å². The van der Waals surface area contributed by atoms with Gasteiger partial charge in [-0.2, -0.15) is 0 Å². The number of allylic oxidation sites excluding steroid dienone is 2. The van der Waals surface area contributed by atoms with E-state index in [4.69, 9.17) is 0 Å². The number of benzene rings is 1. The number of aryl methyl sites for hydroxylation is 1. The van der Waals surface area contributed by atoms with Gasteiger partial charge in [0.2, 0.25) is 0 Å². The third-order valence-corrected chi connectivity index (χ3v) is 2.91. The maximum absolute atomic E-state index is 9.87. The molecule has 0 bridgehead atoms. The summed E-state index contributed by atoms with van der Waals surface area (Å²) in [5.74, 6) is 0.312. The van der Waals surface area contributed by atoms with Gasteiger partial charge in [0.1, 0.15) is 5.75 Å². The summed E-state index contributed by atoms with van der Waals surface area (Å²) >= 11 is 0. The fourth-order valence-electron chi connectivity index (χ4n) is 1.92. The Hall–Kier alpha value is -1.28. The van der Waals surface area contributed by atoms with Crippen molar-refractivity contribution in [2.45, 2.75) is 39.5 Å². The Balaban J connectivity index is 2.76. The lowest BCUT2D eigenvalue weighted by molar-refractivity contribution is 0.257. The van der Waals surface area contributed by atoms with Gasteiger partial charge in [0.25, 0.3) is 0 Å². The Kier molecular flexibility index (Phi) is 5.23. The molecule has 0 fully saturated rings. The number of aliphatic hydroxyl groups is 1. The van der Waals surface area contributed by atoms with Crippen molar-refractivity contribution in [2.24, 2.45) is 0 Å². The van der Waals surface area contributed by atoms with Crippen LogP contribution in [-0.4, -0.2) is 16.8 Å². The first-order chi connectivity index (χ1) is 8.04. The monoisotopic (exact) mass is 234 g/mol. The topological polar surface area (TPSA) is 40.5 Å². The molecule has 17 heavy (non-hydrogen) atoms. The Morgan fingerprint density at radius 1 is 1.35 bits per heavy atom. The molecule has 2 heteroatoms. The Morgan fingerprint density at radius 2 is 2.06 bits per heavy atom. The number of rotatable bonds is 5. The van der Waals surface area contributed by atoms with Crippen molar-refractivity contribution < 1.29 is 10.2 Å². The fraction of sp³-hybridized carbons (Fsp3) is 0.467. The van der Waals surface area contributed by atoms with Crippen LogP contribution in [-0.2, 0) is 0 Å². The minimum Gasteiger partial charge on any atom is -0.508 e. The van der Waals surface area contributed by atoms with Gasteiger partial charge in [-0.25, -0.2) is 0 Å². The van der Waals surface area contributed by atoms with Crippen LogP contribution >= 0.6 is 0 Å². The van der Waals surface area contributed by atoms with Crippen LogP contribution in [0.2, 0.25) is 0 Å². The molecular weight excluding hydrogens is 212 g/mol. The lowest BCUT2D eigenvalue weighted by atomic mass is 9.93. The van der Waals surface area contributed by atoms with Crippen molar-refractivity contribution >= 4 is 0 Å². The maximum atomic E-state index is 9.87. The molecule has 0 spiro atoms. The van der Waals surface area contributed by atoms with Crippen LogP contribution in [0.5, 0.6) is 5.75 Å². The lowest BCUT2D eigenvalue weighted by Crippen LogP contribution is -2.04. The van der Waals surface area contributed by atoms with Crippen LogP contribution in [0.4, 0.5) is 0 Å². The molecular formula is C15H22O2. The van der Waals surface area contributed by atoms with Gasteiger partial charge in [-0.15, -0.1) is 0 Å². The molecule has 0 saturated heterocycles. The minimum absolute atomic E-state index is 0.0196. The molecule has 0 amide bonds. The maximum Gasteiger partial charge on any atom is 0.119 e. The molecule has 0 heterocycles. The van der Waals surface area contributed by atoms with Crippen LogP contribution in [0.15, 0.2) is 29.8 Å². The normalized spacial score (nSPS) is 12.2. The highest BCUT2D eigenvalue weighted by atomic mass is 16.3. The van der Waals surface area contributed by atoms with Gasteiger partial charge in [-0.1, -0.05) is 23.8 Å². The van der Waals surface area contributed by atoms with E-state index in [1.54, 1.807) is 6.07 Å². The molecule has 1 rings (SSSR count). The van der Waals surface area contributed by atoms with E-state index in [0.29, 0.717) is 5.75 Å². The molecule has 2 nitrogen and oxygen atoms in total. The molecule has 0 aliphatic carbocycles. The van der Waals surface area contributed by atoms with E-state index in [2.05, 4.69) is 19.9 Å². The van der Waals surface area contributed by atoms with Crippen molar-refractivity contribution in [3.8, 4) is 5.75 Å². The first-order valence-corrected chi connectivity index (χ1v) is 6.08. The molecule has 0 saturated carbocycles. The number of aliphatic hydroxyl groups excluding tert-OH is 1. The zero-order valence-corrected chi connectivity index (χ0v) is 10.9. The average molecular weight is 234 g/mol. The predicted molar refractivity (Wildman–Crippen MR) is 71.3 cm³/mol. The summed E-state index contributed by atoms with van der Waals surface area (Å²) in [6.45, 7) is 6.16. The van der Waals surface area contributed by atoms with Crippen LogP contribution in [0.25, 0.3) is 0 Å². The second-order valence-corrected chi connectivity index (χ2v) is 4.80. The first kappa shape index (κ1) is 13.8. The standard InChI is InChI=1S/C15H22O2/c1-11(2)5-4-6-13(10-16)14-8-7-12(3)9-15(14)17/h5,7-9,13,16-17H,4,6,10H2,1-3H3/t13-/m1/s1. The predicted octanol–water partition coefficient (Wildman–Crippen LogP) is 3.52. The average Bonchev–Trinajstić information content (AvgIpc) is 2.25. The van der Waals surface area contributed by atoms with E-state index in [-0.39, 0.29) is 12.5 Å². The lowest BCUT2D eigenvalue weighted by Gasteiger charge is -2.15. The van der Waals surface area contributed by atoms with Crippen molar-refractivity contribution in [1.29, 1.82) is 0 Å². The largest absolute Gasteiger partial charge is 0.508 e. The summed E-state index contributed by atoms with van der Waals surface area (Å²) in [5.41, 5.74) is 3.17. The first-order valence-electron chi connectivity index (χ1n) is 6.08. The highest BCUT2D eigenvalue weighted by molar-refractivity contribution is 5.38. The van der Waals surface area contributed by atoms with Gasteiger partial charge < -0.3 is 10.2 Å². The summed E-state index contributed by atoms with van der Waals surface area (Å²) in [6.07, 6.45) is 3.95. The van der Waals surface area contributed by atoms with Crippen LogP contribution in [0.1, 0.15) is 43.7 Å². The van der Waals surface area contributed by atoms with E-state index >= 15 is 0 Å². The third-order valence-electron chi connectivity index (χ3n) is 2.91. The van der Waals surface area contributed by atoms with Crippen molar-refractivity contribution in [2.75, 3.05) is 6.61 Å². The van der Waals surface area contributed by atoms with Crippen molar-refractivity contribution in [1.82, 2.24) is 0 Å². The molecule has 0 radical (unpaired) electrons. The number of phenolic OH excluding ortho intramolecular Hbond substituents is 1. The van der Waals surface area contributed by atoms with E-state index in [1.165, 1.54) is 5.57 Å². The summed E-state index contributed by atoms with van der Waals surface area (Å²) in [7, 11) is 0. The molecule has 0 aliphatic heterocycles. The summed E-state index contributed by atoms with van der Waals surface area (Å²) in [6, 6.07) is 5.63. The van der Waals surface area contributed by atoms with Gasteiger partial charge >= 0.3 is 0 Å². The van der Waals surface area contributed by atoms with Gasteiger partial charge in [0.15, 0.2) is 0 Å². The Morgan fingerprint density at radius 3 is 2.59 bits per heavy atom. The highest BCUT2D eigenvalue weighted by Crippen LogP contribution is 2.29. The van der Waals surface area contributed by atoms with E-state index in [9.17, 15) is 10.2 Å². The summed E-state index contributed by atoms with van der Waals surface area (Å²) in [4.78, 5) is 0. The SMILES string of the molecule is CC(C)=CCC[C@H](CO)c1ccc(C)cc1O.